The van der Waals surface area contributed by atoms with Crippen LogP contribution in [0.25, 0.3) is 11.0 Å². The zero-order chi connectivity index (χ0) is 20.8. The Morgan fingerprint density at radius 2 is 1.90 bits per heavy atom. The van der Waals surface area contributed by atoms with Crippen molar-refractivity contribution in [3.05, 3.63) is 71.7 Å². The Bertz CT molecular complexity index is 1010. The number of nitrogens with one attached hydrogen (secondary N) is 2. The van der Waals surface area contributed by atoms with E-state index in [1.54, 1.807) is 6.92 Å². The number of furan rings is 1. The first-order chi connectivity index (χ1) is 13.9. The zero-order valence-electron chi connectivity index (χ0n) is 15.6. The number of hydrogen-bond donors (Lipinski definition) is 2. The molecule has 29 heavy (non-hydrogen) atoms. The Morgan fingerprint density at radius 3 is 2.66 bits per heavy atom. The largest absolute Gasteiger partial charge is 0.459 e. The summed E-state index contributed by atoms with van der Waals surface area (Å²) in [6, 6.07) is 13.9. The second-order valence-electron chi connectivity index (χ2n) is 6.33. The molecule has 3 aromatic rings. The van der Waals surface area contributed by atoms with Gasteiger partial charge in [-0.3, -0.25) is 14.4 Å². The molecule has 0 saturated carbocycles. The van der Waals surface area contributed by atoms with Gasteiger partial charge in [-0.1, -0.05) is 24.3 Å². The lowest BCUT2D eigenvalue weighted by molar-refractivity contribution is -0.147. The molecule has 2 amide bonds. The van der Waals surface area contributed by atoms with Crippen LogP contribution in [-0.4, -0.2) is 30.9 Å². The number of rotatable bonds is 7. The average Bonchev–Trinajstić information content (AvgIpc) is 3.15. The molecule has 0 saturated heterocycles. The molecular formula is C21H19FN2O5. The van der Waals surface area contributed by atoms with Crippen LogP contribution in [0.5, 0.6) is 0 Å². The third-order valence-corrected chi connectivity index (χ3v) is 4.09. The Kier molecular flexibility index (Phi) is 6.23. The van der Waals surface area contributed by atoms with E-state index < -0.39 is 42.8 Å². The molecule has 1 aromatic heterocycles. The summed E-state index contributed by atoms with van der Waals surface area (Å²) >= 11 is 0. The van der Waals surface area contributed by atoms with Crippen LogP contribution in [0.15, 0.2) is 59.0 Å². The van der Waals surface area contributed by atoms with Crippen molar-refractivity contribution in [1.29, 1.82) is 0 Å². The van der Waals surface area contributed by atoms with E-state index in [1.807, 2.05) is 30.3 Å². The second-order valence-corrected chi connectivity index (χ2v) is 6.33. The molecule has 0 bridgehead atoms. The normalized spacial score (nSPS) is 11.7. The molecule has 3 rings (SSSR count). The van der Waals surface area contributed by atoms with Crippen LogP contribution in [0.4, 0.5) is 4.39 Å². The maximum atomic E-state index is 13.1. The predicted octanol–water partition coefficient (Wildman–Crippen LogP) is 2.72. The minimum Gasteiger partial charge on any atom is -0.459 e. The van der Waals surface area contributed by atoms with Crippen molar-refractivity contribution in [2.45, 2.75) is 13.0 Å². The van der Waals surface area contributed by atoms with Crippen LogP contribution in [0.2, 0.25) is 0 Å². The maximum absolute atomic E-state index is 13.1. The van der Waals surface area contributed by atoms with E-state index in [9.17, 15) is 18.8 Å². The van der Waals surface area contributed by atoms with Crippen molar-refractivity contribution in [2.75, 3.05) is 13.2 Å². The highest BCUT2D eigenvalue weighted by atomic mass is 19.1. The van der Waals surface area contributed by atoms with Crippen LogP contribution < -0.4 is 10.6 Å². The molecule has 0 aliphatic heterocycles. The average molecular weight is 398 g/mol. The molecule has 0 radical (unpaired) electrons. The molecule has 1 atom stereocenters. The second kappa shape index (κ2) is 9.01. The van der Waals surface area contributed by atoms with Gasteiger partial charge in [0, 0.05) is 10.9 Å². The lowest BCUT2D eigenvalue weighted by Crippen LogP contribution is -2.34. The van der Waals surface area contributed by atoms with Gasteiger partial charge in [0.25, 0.3) is 11.8 Å². The molecule has 0 aliphatic carbocycles. The van der Waals surface area contributed by atoms with Gasteiger partial charge < -0.3 is 19.8 Å². The number of carbonyl (C=O) groups excluding carboxylic acids is 3. The first-order valence-corrected chi connectivity index (χ1v) is 8.89. The zero-order valence-corrected chi connectivity index (χ0v) is 15.6. The number of halogens is 1. The lowest BCUT2D eigenvalue weighted by Gasteiger charge is -2.12. The smallest absolute Gasteiger partial charge is 0.325 e. The summed E-state index contributed by atoms with van der Waals surface area (Å²) in [5, 5.41) is 5.90. The number of hydrogen-bond acceptors (Lipinski definition) is 5. The number of para-hydroxylation sites is 1. The van der Waals surface area contributed by atoms with E-state index in [4.69, 9.17) is 9.15 Å². The number of benzene rings is 2. The number of amides is 2. The molecule has 1 heterocycles. The summed E-state index contributed by atoms with van der Waals surface area (Å²) in [4.78, 5) is 35.5. The third kappa shape index (κ3) is 5.41. The summed E-state index contributed by atoms with van der Waals surface area (Å²) in [5.74, 6) is -1.91. The van der Waals surface area contributed by atoms with Crippen molar-refractivity contribution >= 4 is 28.8 Å². The highest BCUT2D eigenvalue weighted by Crippen LogP contribution is 2.23. The van der Waals surface area contributed by atoms with Crippen molar-refractivity contribution in [3.63, 3.8) is 0 Å². The highest BCUT2D eigenvalue weighted by molar-refractivity contribution is 5.96. The molecule has 0 fully saturated rings. The molecule has 150 valence electrons. The van der Waals surface area contributed by atoms with E-state index in [0.717, 1.165) is 11.5 Å². The van der Waals surface area contributed by atoms with Gasteiger partial charge in [0.1, 0.15) is 23.7 Å². The summed E-state index contributed by atoms with van der Waals surface area (Å²) in [7, 11) is 0. The number of esters is 1. The van der Waals surface area contributed by atoms with E-state index in [2.05, 4.69) is 10.6 Å². The Labute approximate surface area is 165 Å². The van der Waals surface area contributed by atoms with Gasteiger partial charge in [-0.2, -0.15) is 0 Å². The first kappa shape index (κ1) is 20.1. The monoisotopic (exact) mass is 398 g/mol. The number of carbonyl (C=O) groups is 3. The highest BCUT2D eigenvalue weighted by Gasteiger charge is 2.16. The minimum atomic E-state index is -0.790. The summed E-state index contributed by atoms with van der Waals surface area (Å²) in [5.41, 5.74) is 0.791. The molecule has 8 heteroatoms. The third-order valence-electron chi connectivity index (χ3n) is 4.09. The Balaban J connectivity index is 1.42. The SMILES string of the molecule is C[C@@H](NC(=O)COC(=O)CNC(=O)c1cccc(F)c1)c1cc2ccccc2o1. The molecule has 0 aliphatic rings. The fraction of sp³-hybridized carbons (Fsp3) is 0.190. The minimum absolute atomic E-state index is 0.0789. The number of fused-ring (bicyclic) bond motifs is 1. The van der Waals surface area contributed by atoms with Gasteiger partial charge in [-0.05, 0) is 37.3 Å². The van der Waals surface area contributed by atoms with E-state index in [0.29, 0.717) is 11.3 Å². The fourth-order valence-corrected chi connectivity index (χ4v) is 2.65. The summed E-state index contributed by atoms with van der Waals surface area (Å²) < 4.78 is 23.6. The van der Waals surface area contributed by atoms with Crippen LogP contribution in [0.1, 0.15) is 29.1 Å². The lowest BCUT2D eigenvalue weighted by atomic mass is 10.2. The molecule has 7 nitrogen and oxygen atoms in total. The van der Waals surface area contributed by atoms with Gasteiger partial charge in [0.2, 0.25) is 0 Å². The molecular weight excluding hydrogens is 379 g/mol. The van der Waals surface area contributed by atoms with E-state index in [1.165, 1.54) is 18.2 Å². The van der Waals surface area contributed by atoms with Crippen molar-refractivity contribution in [3.8, 4) is 0 Å². The molecule has 0 unspecified atom stereocenters. The van der Waals surface area contributed by atoms with Gasteiger partial charge in [0.05, 0.1) is 6.04 Å². The topological polar surface area (TPSA) is 97.6 Å². The fourth-order valence-electron chi connectivity index (χ4n) is 2.65. The van der Waals surface area contributed by atoms with Crippen molar-refractivity contribution in [2.24, 2.45) is 0 Å². The molecule has 2 N–H and O–H groups in total. The summed E-state index contributed by atoms with van der Waals surface area (Å²) in [6.07, 6.45) is 0. The van der Waals surface area contributed by atoms with Gasteiger partial charge >= 0.3 is 5.97 Å². The van der Waals surface area contributed by atoms with Crippen LogP contribution in [0, 0.1) is 5.82 Å². The van der Waals surface area contributed by atoms with E-state index >= 15 is 0 Å². The first-order valence-electron chi connectivity index (χ1n) is 8.89. The van der Waals surface area contributed by atoms with Crippen LogP contribution in [-0.2, 0) is 14.3 Å². The molecule has 0 spiro atoms. The van der Waals surface area contributed by atoms with Gasteiger partial charge in [0.15, 0.2) is 6.61 Å². The van der Waals surface area contributed by atoms with Crippen molar-refractivity contribution in [1.82, 2.24) is 10.6 Å². The Morgan fingerprint density at radius 1 is 1.10 bits per heavy atom. The van der Waals surface area contributed by atoms with Gasteiger partial charge in [-0.25, -0.2) is 4.39 Å². The maximum Gasteiger partial charge on any atom is 0.325 e. The van der Waals surface area contributed by atoms with E-state index in [-0.39, 0.29) is 5.56 Å². The quantitative estimate of drug-likeness (QED) is 0.597. The predicted molar refractivity (Wildman–Crippen MR) is 102 cm³/mol. The standard InChI is InChI=1S/C21H19FN2O5/c1-13(18-10-14-5-2-3-8-17(14)29-18)24-19(25)12-28-20(26)11-23-21(27)15-6-4-7-16(22)9-15/h2-10,13H,11-12H2,1H3,(H,23,27)(H,24,25)/t13-/m1/s1. The van der Waals surface area contributed by atoms with Gasteiger partial charge in [-0.15, -0.1) is 0 Å². The van der Waals surface area contributed by atoms with Crippen LogP contribution in [0.3, 0.4) is 0 Å². The van der Waals surface area contributed by atoms with Crippen molar-refractivity contribution < 1.29 is 27.9 Å². The van der Waals surface area contributed by atoms with Crippen LogP contribution >= 0.6 is 0 Å². The molecule has 2 aromatic carbocycles. The number of ether oxygens (including phenoxy) is 1. The Hall–Kier alpha value is -3.68. The summed E-state index contributed by atoms with van der Waals surface area (Å²) in [6.45, 7) is 0.803.